The Balaban J connectivity index is 3.47. The summed E-state index contributed by atoms with van der Waals surface area (Å²) in [4.78, 5) is 13.6. The van der Waals surface area contributed by atoms with Crippen molar-refractivity contribution in [3.8, 4) is 5.75 Å². The van der Waals surface area contributed by atoms with Gasteiger partial charge in [0.05, 0.1) is 12.1 Å². The van der Waals surface area contributed by atoms with E-state index in [0.717, 1.165) is 0 Å². The Labute approximate surface area is 113 Å². The third-order valence-electron chi connectivity index (χ3n) is 2.21. The standard InChI is InChI=1S/C10H8F6N2O3/c11-9(12,13)7-2-6(21-10(14,15)16)4(3-17)5(18-7)1-8(19)20/h2H,1,3,17H2,(H,19,20). The Morgan fingerprint density at radius 1 is 1.29 bits per heavy atom. The molecule has 118 valence electrons. The highest BCUT2D eigenvalue weighted by atomic mass is 19.4. The maximum absolute atomic E-state index is 12.6. The number of carbonyl (C=O) groups is 1. The third kappa shape index (κ3) is 4.77. The number of aromatic nitrogens is 1. The summed E-state index contributed by atoms with van der Waals surface area (Å²) in [6, 6.07) is 0.0288. The molecule has 0 saturated carbocycles. The van der Waals surface area contributed by atoms with Crippen molar-refractivity contribution >= 4 is 5.97 Å². The van der Waals surface area contributed by atoms with Crippen LogP contribution in [0.4, 0.5) is 26.3 Å². The van der Waals surface area contributed by atoms with E-state index in [1.54, 1.807) is 0 Å². The van der Waals surface area contributed by atoms with E-state index in [-0.39, 0.29) is 6.07 Å². The molecule has 11 heteroatoms. The number of hydrogen-bond acceptors (Lipinski definition) is 4. The number of carboxylic acids is 1. The molecule has 3 N–H and O–H groups in total. The van der Waals surface area contributed by atoms with Crippen molar-refractivity contribution in [1.29, 1.82) is 0 Å². The first-order valence-electron chi connectivity index (χ1n) is 5.21. The van der Waals surface area contributed by atoms with E-state index >= 15 is 0 Å². The highest BCUT2D eigenvalue weighted by Crippen LogP contribution is 2.35. The third-order valence-corrected chi connectivity index (χ3v) is 2.21. The molecule has 1 rings (SSSR count). The monoisotopic (exact) mass is 318 g/mol. The van der Waals surface area contributed by atoms with Gasteiger partial charge in [-0.25, -0.2) is 4.98 Å². The van der Waals surface area contributed by atoms with E-state index in [1.807, 2.05) is 0 Å². The van der Waals surface area contributed by atoms with Gasteiger partial charge in [-0.2, -0.15) is 13.2 Å². The molecule has 0 spiro atoms. The van der Waals surface area contributed by atoms with Gasteiger partial charge in [0.2, 0.25) is 0 Å². The van der Waals surface area contributed by atoms with E-state index in [4.69, 9.17) is 10.8 Å². The smallest absolute Gasteiger partial charge is 0.481 e. The molecule has 0 fully saturated rings. The van der Waals surface area contributed by atoms with Crippen LogP contribution in [0.2, 0.25) is 0 Å². The zero-order valence-corrected chi connectivity index (χ0v) is 10.0. The number of ether oxygens (including phenoxy) is 1. The molecule has 0 atom stereocenters. The van der Waals surface area contributed by atoms with E-state index in [1.165, 1.54) is 0 Å². The van der Waals surface area contributed by atoms with Crippen LogP contribution in [0, 0.1) is 0 Å². The Morgan fingerprint density at radius 3 is 2.24 bits per heavy atom. The Hall–Kier alpha value is -2.04. The number of carboxylic acid groups (broad SMARTS) is 1. The topological polar surface area (TPSA) is 85.4 Å². The second kappa shape index (κ2) is 5.76. The number of halogens is 6. The van der Waals surface area contributed by atoms with E-state index < -0.39 is 54.2 Å². The predicted octanol–water partition coefficient (Wildman–Crippen LogP) is 2.08. The molecule has 0 aromatic carbocycles. The van der Waals surface area contributed by atoms with Crippen molar-refractivity contribution in [2.45, 2.75) is 25.5 Å². The maximum Gasteiger partial charge on any atom is 0.573 e. The fourth-order valence-electron chi connectivity index (χ4n) is 1.47. The van der Waals surface area contributed by atoms with Crippen LogP contribution in [0.25, 0.3) is 0 Å². The minimum Gasteiger partial charge on any atom is -0.481 e. The molecule has 0 radical (unpaired) electrons. The zero-order valence-electron chi connectivity index (χ0n) is 10.0. The molecular weight excluding hydrogens is 310 g/mol. The van der Waals surface area contributed by atoms with Crippen molar-refractivity contribution in [3.63, 3.8) is 0 Å². The Bertz CT molecular complexity index is 541. The van der Waals surface area contributed by atoms with Gasteiger partial charge in [0.25, 0.3) is 0 Å². The first-order valence-corrected chi connectivity index (χ1v) is 5.21. The summed E-state index contributed by atoms with van der Waals surface area (Å²) in [6.07, 6.45) is -11.3. The molecular formula is C10H8F6N2O3. The number of pyridine rings is 1. The summed E-state index contributed by atoms with van der Waals surface area (Å²) in [5, 5.41) is 8.58. The largest absolute Gasteiger partial charge is 0.573 e. The predicted molar refractivity (Wildman–Crippen MR) is 55.2 cm³/mol. The zero-order chi connectivity index (χ0) is 16.4. The lowest BCUT2D eigenvalue weighted by Crippen LogP contribution is -2.22. The summed E-state index contributed by atoms with van der Waals surface area (Å²) in [7, 11) is 0. The van der Waals surface area contributed by atoms with Crippen LogP contribution in [0.1, 0.15) is 17.0 Å². The van der Waals surface area contributed by atoms with Crippen molar-refractivity contribution in [2.75, 3.05) is 0 Å². The number of nitrogens with two attached hydrogens (primary N) is 1. The van der Waals surface area contributed by atoms with Gasteiger partial charge in [-0.15, -0.1) is 13.2 Å². The summed E-state index contributed by atoms with van der Waals surface area (Å²) >= 11 is 0. The van der Waals surface area contributed by atoms with Crippen LogP contribution in [-0.4, -0.2) is 22.4 Å². The molecule has 0 saturated heterocycles. The number of aliphatic carboxylic acids is 1. The van der Waals surface area contributed by atoms with E-state index in [0.29, 0.717) is 0 Å². The lowest BCUT2D eigenvalue weighted by Gasteiger charge is -2.17. The molecule has 0 amide bonds. The molecule has 0 bridgehead atoms. The van der Waals surface area contributed by atoms with Gasteiger partial charge in [-0.1, -0.05) is 0 Å². The Morgan fingerprint density at radius 2 is 1.86 bits per heavy atom. The molecule has 21 heavy (non-hydrogen) atoms. The highest BCUT2D eigenvalue weighted by Gasteiger charge is 2.37. The quantitative estimate of drug-likeness (QED) is 0.830. The number of hydrogen-bond donors (Lipinski definition) is 2. The van der Waals surface area contributed by atoms with Gasteiger partial charge in [0, 0.05) is 18.2 Å². The van der Waals surface area contributed by atoms with Gasteiger partial charge in [0.15, 0.2) is 0 Å². The SMILES string of the molecule is NCc1c(OC(F)(F)F)cc(C(F)(F)F)nc1CC(=O)O. The first-order chi connectivity index (χ1) is 9.44. The summed E-state index contributed by atoms with van der Waals surface area (Å²) in [5.74, 6) is -2.79. The van der Waals surface area contributed by atoms with Crippen LogP contribution < -0.4 is 10.5 Å². The van der Waals surface area contributed by atoms with Crippen LogP contribution in [0.3, 0.4) is 0 Å². The van der Waals surface area contributed by atoms with Crippen molar-refractivity contribution in [3.05, 3.63) is 23.0 Å². The molecule has 5 nitrogen and oxygen atoms in total. The molecule has 1 aromatic heterocycles. The van der Waals surface area contributed by atoms with Crippen molar-refractivity contribution in [1.82, 2.24) is 4.98 Å². The number of rotatable bonds is 4. The normalized spacial score (nSPS) is 12.3. The molecule has 0 aliphatic carbocycles. The molecule has 0 aliphatic rings. The summed E-state index contributed by atoms with van der Waals surface area (Å²) in [5.41, 5.74) is 2.15. The maximum atomic E-state index is 12.6. The molecule has 1 aromatic rings. The Kier molecular flexibility index (Phi) is 4.66. The second-order valence-electron chi connectivity index (χ2n) is 3.75. The van der Waals surface area contributed by atoms with Crippen LogP contribution in [0.15, 0.2) is 6.07 Å². The van der Waals surface area contributed by atoms with Gasteiger partial charge >= 0.3 is 18.5 Å². The van der Waals surface area contributed by atoms with E-state index in [2.05, 4.69) is 9.72 Å². The van der Waals surface area contributed by atoms with Gasteiger partial charge in [-0.05, 0) is 0 Å². The second-order valence-corrected chi connectivity index (χ2v) is 3.75. The average Bonchev–Trinajstić information content (AvgIpc) is 2.24. The van der Waals surface area contributed by atoms with Crippen molar-refractivity contribution < 1.29 is 41.0 Å². The first kappa shape index (κ1) is 17.0. The lowest BCUT2D eigenvalue weighted by atomic mass is 10.1. The average molecular weight is 318 g/mol. The molecule has 1 heterocycles. The minimum absolute atomic E-state index is 0.0288. The van der Waals surface area contributed by atoms with Gasteiger partial charge in [-0.3, -0.25) is 4.79 Å². The van der Waals surface area contributed by atoms with E-state index in [9.17, 15) is 31.1 Å². The molecule has 0 unspecified atom stereocenters. The van der Waals surface area contributed by atoms with Gasteiger partial charge < -0.3 is 15.6 Å². The lowest BCUT2D eigenvalue weighted by molar-refractivity contribution is -0.275. The molecule has 0 aliphatic heterocycles. The van der Waals surface area contributed by atoms with Crippen LogP contribution in [0.5, 0.6) is 5.75 Å². The highest BCUT2D eigenvalue weighted by molar-refractivity contribution is 5.70. The van der Waals surface area contributed by atoms with Crippen LogP contribution >= 0.6 is 0 Å². The minimum atomic E-state index is -5.26. The van der Waals surface area contributed by atoms with Gasteiger partial charge in [0.1, 0.15) is 11.4 Å². The summed E-state index contributed by atoms with van der Waals surface area (Å²) < 4.78 is 77.8. The fraction of sp³-hybridized carbons (Fsp3) is 0.400. The number of nitrogens with zero attached hydrogens (tertiary/aromatic N) is 1. The fourth-order valence-corrected chi connectivity index (χ4v) is 1.47. The summed E-state index contributed by atoms with van der Waals surface area (Å²) in [6.45, 7) is -0.667. The van der Waals surface area contributed by atoms with Crippen molar-refractivity contribution in [2.24, 2.45) is 5.73 Å². The van der Waals surface area contributed by atoms with Crippen LogP contribution in [-0.2, 0) is 23.9 Å². The number of alkyl halides is 6.